The number of nitrogens with zero attached hydrogens (tertiary/aromatic N) is 1. The molecule has 0 saturated heterocycles. The highest BCUT2D eigenvalue weighted by Crippen LogP contribution is 2.27. The smallest absolute Gasteiger partial charge is 0.0952 e. The molecule has 0 heterocycles. The monoisotopic (exact) mass is 152 g/mol. The second kappa shape index (κ2) is 4.35. The number of nitriles is 1. The van der Waals surface area contributed by atoms with E-state index in [1.165, 1.54) is 12.8 Å². The molecule has 0 aliphatic heterocycles. The van der Waals surface area contributed by atoms with Crippen LogP contribution in [0.5, 0.6) is 0 Å². The Balaban J connectivity index is 2.05. The maximum atomic E-state index is 8.68. The summed E-state index contributed by atoms with van der Waals surface area (Å²) in [7, 11) is 0. The molecule has 0 radical (unpaired) electrons. The largest absolute Gasteiger partial charge is 0.302 e. The van der Waals surface area contributed by atoms with Crippen molar-refractivity contribution in [3.05, 3.63) is 0 Å². The van der Waals surface area contributed by atoms with Gasteiger partial charge >= 0.3 is 0 Å². The van der Waals surface area contributed by atoms with Crippen LogP contribution in [0, 0.1) is 17.2 Å². The van der Waals surface area contributed by atoms with Gasteiger partial charge < -0.3 is 5.32 Å². The predicted octanol–water partition coefficient (Wildman–Crippen LogP) is 1.68. The van der Waals surface area contributed by atoms with Crippen molar-refractivity contribution in [3.63, 3.8) is 0 Å². The second-order valence-electron chi connectivity index (χ2n) is 3.32. The van der Waals surface area contributed by atoms with Crippen LogP contribution in [-0.2, 0) is 0 Å². The van der Waals surface area contributed by atoms with E-state index < -0.39 is 0 Å². The van der Waals surface area contributed by atoms with Crippen molar-refractivity contribution in [1.82, 2.24) is 5.32 Å². The van der Waals surface area contributed by atoms with Crippen LogP contribution in [0.4, 0.5) is 0 Å². The molecule has 1 atom stereocenters. The summed E-state index contributed by atoms with van der Waals surface area (Å²) in [4.78, 5) is 0. The average molecular weight is 152 g/mol. The van der Waals surface area contributed by atoms with Crippen LogP contribution in [0.25, 0.3) is 0 Å². The van der Waals surface area contributed by atoms with Gasteiger partial charge in [-0.3, -0.25) is 0 Å². The number of rotatable bonds is 5. The maximum absolute atomic E-state index is 8.68. The van der Waals surface area contributed by atoms with Crippen LogP contribution in [0.3, 0.4) is 0 Å². The molecule has 1 rings (SSSR count). The summed E-state index contributed by atoms with van der Waals surface area (Å²) in [6.45, 7) is 3.17. The molecule has 62 valence electrons. The molecule has 1 fully saturated rings. The van der Waals surface area contributed by atoms with Crippen molar-refractivity contribution in [2.45, 2.75) is 38.6 Å². The topological polar surface area (TPSA) is 35.8 Å². The highest BCUT2D eigenvalue weighted by atomic mass is 14.9. The summed E-state index contributed by atoms with van der Waals surface area (Å²) in [5.41, 5.74) is 0. The molecule has 0 bridgehead atoms. The van der Waals surface area contributed by atoms with Gasteiger partial charge in [0, 0.05) is 0 Å². The Morgan fingerprint density at radius 1 is 1.64 bits per heavy atom. The van der Waals surface area contributed by atoms with Gasteiger partial charge in [0.2, 0.25) is 0 Å². The molecular formula is C9H16N2. The Morgan fingerprint density at radius 2 is 2.36 bits per heavy atom. The van der Waals surface area contributed by atoms with E-state index in [-0.39, 0.29) is 6.04 Å². The normalized spacial score (nSPS) is 19.3. The molecule has 1 N–H and O–H groups in total. The van der Waals surface area contributed by atoms with E-state index in [1.54, 1.807) is 0 Å². The van der Waals surface area contributed by atoms with Gasteiger partial charge in [0.05, 0.1) is 12.1 Å². The van der Waals surface area contributed by atoms with Crippen molar-refractivity contribution in [1.29, 1.82) is 5.26 Å². The second-order valence-corrected chi connectivity index (χ2v) is 3.32. The third-order valence-electron chi connectivity index (χ3n) is 2.08. The number of hydrogen-bond acceptors (Lipinski definition) is 2. The quantitative estimate of drug-likeness (QED) is 0.650. The fourth-order valence-corrected chi connectivity index (χ4v) is 1.13. The lowest BCUT2D eigenvalue weighted by Gasteiger charge is -2.08. The Kier molecular flexibility index (Phi) is 3.38. The summed E-state index contributed by atoms with van der Waals surface area (Å²) in [5, 5.41) is 11.9. The average Bonchev–Trinajstić information content (AvgIpc) is 2.81. The molecular weight excluding hydrogens is 136 g/mol. The Bertz CT molecular complexity index is 144. The van der Waals surface area contributed by atoms with Crippen LogP contribution in [0.1, 0.15) is 32.6 Å². The molecule has 1 unspecified atom stereocenters. The van der Waals surface area contributed by atoms with E-state index in [2.05, 4.69) is 18.3 Å². The van der Waals surface area contributed by atoms with Gasteiger partial charge in [0.1, 0.15) is 0 Å². The minimum atomic E-state index is 0.0978. The third-order valence-corrected chi connectivity index (χ3v) is 2.08. The zero-order valence-corrected chi connectivity index (χ0v) is 7.14. The minimum Gasteiger partial charge on any atom is -0.302 e. The van der Waals surface area contributed by atoms with Crippen molar-refractivity contribution < 1.29 is 0 Å². The fraction of sp³-hybridized carbons (Fsp3) is 0.889. The summed E-state index contributed by atoms with van der Waals surface area (Å²) in [6.07, 6.45) is 4.80. The molecule has 2 nitrogen and oxygen atoms in total. The molecule has 0 aromatic heterocycles. The first-order chi connectivity index (χ1) is 5.36. The van der Waals surface area contributed by atoms with Gasteiger partial charge in [-0.25, -0.2) is 0 Å². The van der Waals surface area contributed by atoms with Crippen LogP contribution < -0.4 is 5.32 Å². The standard InChI is InChI=1S/C9H16N2/c1-2-3-9(6-10)11-7-8-4-5-8/h8-9,11H,2-5,7H2,1H3. The highest BCUT2D eigenvalue weighted by molar-refractivity contribution is 4.90. The van der Waals surface area contributed by atoms with Gasteiger partial charge in [0.25, 0.3) is 0 Å². The van der Waals surface area contributed by atoms with Crippen LogP contribution >= 0.6 is 0 Å². The number of hydrogen-bond donors (Lipinski definition) is 1. The zero-order chi connectivity index (χ0) is 8.10. The Labute approximate surface area is 68.6 Å². The summed E-state index contributed by atoms with van der Waals surface area (Å²) >= 11 is 0. The first kappa shape index (κ1) is 8.55. The van der Waals surface area contributed by atoms with E-state index in [9.17, 15) is 0 Å². The van der Waals surface area contributed by atoms with Gasteiger partial charge in [-0.1, -0.05) is 13.3 Å². The first-order valence-corrected chi connectivity index (χ1v) is 4.49. The van der Waals surface area contributed by atoms with E-state index in [1.807, 2.05) is 0 Å². The van der Waals surface area contributed by atoms with Gasteiger partial charge in [-0.2, -0.15) is 5.26 Å². The van der Waals surface area contributed by atoms with E-state index in [0.29, 0.717) is 0 Å². The molecule has 1 aliphatic rings. The SMILES string of the molecule is CCCC(C#N)NCC1CC1. The van der Waals surface area contributed by atoms with Crippen molar-refractivity contribution in [2.75, 3.05) is 6.54 Å². The lowest BCUT2D eigenvalue weighted by atomic mass is 10.2. The maximum Gasteiger partial charge on any atom is 0.0952 e. The van der Waals surface area contributed by atoms with Crippen molar-refractivity contribution in [2.24, 2.45) is 5.92 Å². The van der Waals surface area contributed by atoms with Crippen LogP contribution in [0.2, 0.25) is 0 Å². The van der Waals surface area contributed by atoms with Gasteiger partial charge in [-0.15, -0.1) is 0 Å². The summed E-state index contributed by atoms with van der Waals surface area (Å²) in [6, 6.07) is 2.37. The molecule has 1 aliphatic carbocycles. The molecule has 2 heteroatoms. The summed E-state index contributed by atoms with van der Waals surface area (Å²) < 4.78 is 0. The fourth-order valence-electron chi connectivity index (χ4n) is 1.13. The molecule has 1 saturated carbocycles. The predicted molar refractivity (Wildman–Crippen MR) is 45.0 cm³/mol. The third kappa shape index (κ3) is 3.38. The molecule has 11 heavy (non-hydrogen) atoms. The zero-order valence-electron chi connectivity index (χ0n) is 7.14. The minimum absolute atomic E-state index is 0.0978. The lowest BCUT2D eigenvalue weighted by molar-refractivity contribution is 0.538. The molecule has 0 aromatic rings. The summed E-state index contributed by atoms with van der Waals surface area (Å²) in [5.74, 6) is 0.878. The van der Waals surface area contributed by atoms with Crippen molar-refractivity contribution >= 4 is 0 Å². The van der Waals surface area contributed by atoms with E-state index in [4.69, 9.17) is 5.26 Å². The van der Waals surface area contributed by atoms with Crippen molar-refractivity contribution in [3.8, 4) is 6.07 Å². The van der Waals surface area contributed by atoms with Gasteiger partial charge in [-0.05, 0) is 31.7 Å². The lowest BCUT2D eigenvalue weighted by Crippen LogP contribution is -2.29. The van der Waals surface area contributed by atoms with E-state index >= 15 is 0 Å². The molecule has 0 amide bonds. The van der Waals surface area contributed by atoms with Gasteiger partial charge in [0.15, 0.2) is 0 Å². The first-order valence-electron chi connectivity index (χ1n) is 4.49. The molecule has 0 spiro atoms. The molecule has 0 aromatic carbocycles. The van der Waals surface area contributed by atoms with Crippen LogP contribution in [0.15, 0.2) is 0 Å². The highest BCUT2D eigenvalue weighted by Gasteiger charge is 2.21. The number of nitrogens with one attached hydrogen (secondary N) is 1. The van der Waals surface area contributed by atoms with E-state index in [0.717, 1.165) is 25.3 Å². The van der Waals surface area contributed by atoms with Crippen LogP contribution in [-0.4, -0.2) is 12.6 Å². The Morgan fingerprint density at radius 3 is 2.82 bits per heavy atom. The Hall–Kier alpha value is -0.550.